The van der Waals surface area contributed by atoms with Crippen molar-refractivity contribution in [2.24, 2.45) is 11.8 Å². The van der Waals surface area contributed by atoms with E-state index in [1.807, 2.05) is 67.6 Å². The van der Waals surface area contributed by atoms with Crippen LogP contribution >= 0.6 is 0 Å². The first-order valence-electron chi connectivity index (χ1n) is 14.2. The summed E-state index contributed by atoms with van der Waals surface area (Å²) >= 11 is 0. The highest BCUT2D eigenvalue weighted by Crippen LogP contribution is 2.61. The Morgan fingerprint density at radius 2 is 1.21 bits per heavy atom. The number of hydrogen-bond acceptors (Lipinski definition) is 5. The molecule has 0 aromatic heterocycles. The molecule has 3 aliphatic carbocycles. The molecule has 208 valence electrons. The largest absolute Gasteiger partial charge is 0.452 e. The number of benzene rings is 4. The topological polar surface area (TPSA) is 92.8 Å². The van der Waals surface area contributed by atoms with E-state index in [-0.39, 0.29) is 34.9 Å². The van der Waals surface area contributed by atoms with Gasteiger partial charge in [0.1, 0.15) is 0 Å². The van der Waals surface area contributed by atoms with Gasteiger partial charge in [-0.2, -0.15) is 0 Å². The van der Waals surface area contributed by atoms with Crippen molar-refractivity contribution in [2.45, 2.75) is 25.2 Å². The number of anilines is 2. The molecule has 42 heavy (non-hydrogen) atoms. The molecule has 4 aliphatic rings. The van der Waals surface area contributed by atoms with E-state index >= 15 is 0 Å². The van der Waals surface area contributed by atoms with Gasteiger partial charge < -0.3 is 10.1 Å². The van der Waals surface area contributed by atoms with E-state index in [1.165, 1.54) is 11.0 Å². The van der Waals surface area contributed by atoms with Crippen LogP contribution < -0.4 is 10.2 Å². The van der Waals surface area contributed by atoms with E-state index in [2.05, 4.69) is 5.32 Å². The van der Waals surface area contributed by atoms with E-state index < -0.39 is 30.3 Å². The second-order valence-corrected chi connectivity index (χ2v) is 11.0. The Balaban J connectivity index is 1.16. The fourth-order valence-corrected chi connectivity index (χ4v) is 6.99. The molecule has 7 nitrogen and oxygen atoms in total. The van der Waals surface area contributed by atoms with Crippen LogP contribution in [0.15, 0.2) is 97.1 Å². The van der Waals surface area contributed by atoms with Gasteiger partial charge in [-0.25, -0.2) is 9.69 Å². The number of nitrogens with zero attached hydrogens (tertiary/aromatic N) is 1. The Kier molecular flexibility index (Phi) is 6.23. The highest BCUT2D eigenvalue weighted by atomic mass is 16.5. The lowest BCUT2D eigenvalue weighted by Crippen LogP contribution is -2.41. The molecule has 0 saturated carbocycles. The summed E-state index contributed by atoms with van der Waals surface area (Å²) in [5.74, 6) is -3.55. The summed E-state index contributed by atoms with van der Waals surface area (Å²) in [5.41, 5.74) is 6.28. The van der Waals surface area contributed by atoms with Crippen molar-refractivity contribution in [3.8, 4) is 0 Å². The van der Waals surface area contributed by atoms with Gasteiger partial charge in [0.25, 0.3) is 5.91 Å². The molecule has 1 aliphatic heterocycles. The summed E-state index contributed by atoms with van der Waals surface area (Å²) in [6.07, 6.45) is 0.885. The lowest BCUT2D eigenvalue weighted by atomic mass is 9.55. The van der Waals surface area contributed by atoms with Gasteiger partial charge in [0.2, 0.25) is 11.8 Å². The summed E-state index contributed by atoms with van der Waals surface area (Å²) in [6, 6.07) is 29.9. The first-order valence-corrected chi connectivity index (χ1v) is 14.2. The number of ether oxygens (including phenoxy) is 1. The molecule has 3 amide bonds. The van der Waals surface area contributed by atoms with Gasteiger partial charge in [0.05, 0.1) is 23.1 Å². The second-order valence-electron chi connectivity index (χ2n) is 11.0. The maximum absolute atomic E-state index is 14.1. The second kappa shape index (κ2) is 10.1. The van der Waals surface area contributed by atoms with Crippen LogP contribution in [0.25, 0.3) is 0 Å². The quantitative estimate of drug-likeness (QED) is 0.252. The molecule has 4 aromatic carbocycles. The summed E-state index contributed by atoms with van der Waals surface area (Å²) in [5, 5.41) is 2.72. The van der Waals surface area contributed by atoms with E-state index in [9.17, 15) is 19.2 Å². The number of para-hydroxylation sites is 1. The molecule has 1 fully saturated rings. The fourth-order valence-electron chi connectivity index (χ4n) is 6.99. The van der Waals surface area contributed by atoms with Crippen molar-refractivity contribution in [1.82, 2.24) is 0 Å². The van der Waals surface area contributed by atoms with E-state index in [4.69, 9.17) is 4.74 Å². The minimum Gasteiger partial charge on any atom is -0.452 e. The molecule has 0 radical (unpaired) electrons. The Morgan fingerprint density at radius 3 is 1.74 bits per heavy atom. The monoisotopic (exact) mass is 556 g/mol. The number of nitrogens with one attached hydrogen (secondary N) is 1. The van der Waals surface area contributed by atoms with Crippen LogP contribution in [0.2, 0.25) is 0 Å². The number of carbonyl (C=O) groups excluding carboxylic acids is 4. The van der Waals surface area contributed by atoms with Gasteiger partial charge in [-0.1, -0.05) is 79.7 Å². The number of imide groups is 1. The van der Waals surface area contributed by atoms with Crippen LogP contribution in [-0.2, 0) is 25.5 Å². The number of rotatable bonds is 6. The highest BCUT2D eigenvalue weighted by Gasteiger charge is 2.62. The molecule has 2 bridgehead atoms. The molecule has 7 heteroatoms. The third kappa shape index (κ3) is 3.96. The standard InChI is InChI=1S/C35H28N2O5/c1-2-20-15-17-21(18-16-20)36-28(38)19-42-35(41)26-13-7-8-14-27(26)37-33(39)31-29-22-9-3-4-10-23(22)30(32(31)34(37)40)25-12-6-5-11-24(25)29/h3-18,29-32H,2,19H2,1H3,(H,36,38)/t29?,30?,31-,32+. The summed E-state index contributed by atoms with van der Waals surface area (Å²) < 4.78 is 5.35. The zero-order valence-corrected chi connectivity index (χ0v) is 22.9. The minimum absolute atomic E-state index is 0.0559. The van der Waals surface area contributed by atoms with E-state index in [1.54, 1.807) is 30.3 Å². The van der Waals surface area contributed by atoms with Crippen LogP contribution in [0, 0.1) is 11.8 Å². The fraction of sp³-hybridized carbons (Fsp3) is 0.200. The average molecular weight is 557 g/mol. The molecule has 4 aromatic rings. The molecule has 0 unspecified atom stereocenters. The molecule has 2 atom stereocenters. The van der Waals surface area contributed by atoms with Gasteiger partial charge in [-0.3, -0.25) is 14.4 Å². The summed E-state index contributed by atoms with van der Waals surface area (Å²) in [6.45, 7) is 1.54. The number of aryl methyl sites for hydroxylation is 1. The van der Waals surface area contributed by atoms with Gasteiger partial charge in [-0.15, -0.1) is 0 Å². The zero-order valence-electron chi connectivity index (χ0n) is 22.9. The third-order valence-corrected chi connectivity index (χ3v) is 8.79. The number of hydrogen-bond donors (Lipinski definition) is 1. The smallest absolute Gasteiger partial charge is 0.340 e. The third-order valence-electron chi connectivity index (χ3n) is 8.79. The maximum atomic E-state index is 14.1. The van der Waals surface area contributed by atoms with E-state index in [0.29, 0.717) is 5.69 Å². The zero-order chi connectivity index (χ0) is 29.0. The Morgan fingerprint density at radius 1 is 0.714 bits per heavy atom. The summed E-state index contributed by atoms with van der Waals surface area (Å²) in [4.78, 5) is 55.2. The minimum atomic E-state index is -0.785. The predicted molar refractivity (Wildman–Crippen MR) is 157 cm³/mol. The van der Waals surface area contributed by atoms with Crippen LogP contribution in [0.3, 0.4) is 0 Å². The lowest BCUT2D eigenvalue weighted by Gasteiger charge is -2.45. The van der Waals surface area contributed by atoms with Crippen LogP contribution in [0.1, 0.15) is 56.9 Å². The summed E-state index contributed by atoms with van der Waals surface area (Å²) in [7, 11) is 0. The number of carbonyl (C=O) groups is 4. The van der Waals surface area contributed by atoms with Gasteiger partial charge in [-0.05, 0) is 58.5 Å². The van der Waals surface area contributed by atoms with Crippen LogP contribution in [0.4, 0.5) is 11.4 Å². The van der Waals surface area contributed by atoms with Gasteiger partial charge in [0.15, 0.2) is 6.61 Å². The highest BCUT2D eigenvalue weighted by molar-refractivity contribution is 6.25. The van der Waals surface area contributed by atoms with Crippen molar-refractivity contribution in [3.05, 3.63) is 130 Å². The molecule has 1 saturated heterocycles. The number of amides is 3. The number of esters is 1. The molecular formula is C35H28N2O5. The van der Waals surface area contributed by atoms with Crippen molar-refractivity contribution in [2.75, 3.05) is 16.8 Å². The molecule has 1 heterocycles. The van der Waals surface area contributed by atoms with Crippen molar-refractivity contribution in [1.29, 1.82) is 0 Å². The molecular weight excluding hydrogens is 528 g/mol. The van der Waals surface area contributed by atoms with Gasteiger partial charge in [0, 0.05) is 17.5 Å². The Labute approximate surface area is 243 Å². The Hall–Kier alpha value is -5.04. The SMILES string of the molecule is CCc1ccc(NC(=O)COC(=O)c2ccccc2N2C(=O)[C@@H]3C4c5ccccc5C(c5ccccc54)[C@@H]3C2=O)cc1. The first-order chi connectivity index (χ1) is 20.5. The Bertz CT molecular complexity index is 1650. The van der Waals surface area contributed by atoms with Crippen molar-refractivity contribution < 1.29 is 23.9 Å². The molecule has 1 N–H and O–H groups in total. The van der Waals surface area contributed by atoms with Crippen molar-refractivity contribution in [3.63, 3.8) is 0 Å². The van der Waals surface area contributed by atoms with E-state index in [0.717, 1.165) is 34.2 Å². The molecule has 0 spiro atoms. The van der Waals surface area contributed by atoms with Gasteiger partial charge >= 0.3 is 5.97 Å². The molecule has 8 rings (SSSR count). The van der Waals surface area contributed by atoms with Crippen LogP contribution in [0.5, 0.6) is 0 Å². The van der Waals surface area contributed by atoms with Crippen molar-refractivity contribution >= 4 is 35.1 Å². The van der Waals surface area contributed by atoms with Crippen LogP contribution in [-0.4, -0.2) is 30.3 Å². The normalized spacial score (nSPS) is 21.4. The first kappa shape index (κ1) is 25.9. The average Bonchev–Trinajstić information content (AvgIpc) is 3.30. The predicted octanol–water partition coefficient (Wildman–Crippen LogP) is 5.44. The maximum Gasteiger partial charge on any atom is 0.340 e. The lowest BCUT2D eigenvalue weighted by molar-refractivity contribution is -0.122.